The van der Waals surface area contributed by atoms with E-state index in [1.807, 2.05) is 0 Å². The monoisotopic (exact) mass is 195 g/mol. The summed E-state index contributed by atoms with van der Waals surface area (Å²) < 4.78 is 29.6. The van der Waals surface area contributed by atoms with Crippen LogP contribution in [0.1, 0.15) is 12.8 Å². The van der Waals surface area contributed by atoms with Gasteiger partial charge in [-0.1, -0.05) is 0 Å². The molecule has 7 heteroatoms. The Morgan fingerprint density at radius 2 is 2.00 bits per heavy atom. The Kier molecular flexibility index (Phi) is 2.11. The molecule has 6 nitrogen and oxygen atoms in total. The first-order valence-electron chi connectivity index (χ1n) is 3.21. The van der Waals surface area contributed by atoms with E-state index in [1.165, 1.54) is 0 Å². The molecule has 0 radical (unpaired) electrons. The van der Waals surface area contributed by atoms with E-state index < -0.39 is 21.9 Å². The zero-order chi connectivity index (χ0) is 9.41. The van der Waals surface area contributed by atoms with Crippen molar-refractivity contribution in [2.75, 3.05) is 7.11 Å². The number of esters is 1. The van der Waals surface area contributed by atoms with Gasteiger partial charge in [-0.2, -0.15) is 8.42 Å². The number of ether oxygens (including phenoxy) is 1. The Bertz CT molecular complexity index is 291. The molecule has 0 amide bonds. The molecule has 0 aromatic carbocycles. The SMILES string of the molecule is COC(=O)C1(OS(N)(=O)=O)CC1. The topological polar surface area (TPSA) is 95.7 Å². The third-order valence-electron chi connectivity index (χ3n) is 1.54. The number of nitrogens with two attached hydrogens (primary N) is 1. The van der Waals surface area contributed by atoms with Crippen molar-refractivity contribution in [1.29, 1.82) is 0 Å². The minimum absolute atomic E-state index is 0.329. The fourth-order valence-electron chi connectivity index (χ4n) is 0.843. The van der Waals surface area contributed by atoms with Gasteiger partial charge >= 0.3 is 16.3 Å². The summed E-state index contributed by atoms with van der Waals surface area (Å²) in [6.45, 7) is 0. The largest absolute Gasteiger partial charge is 0.467 e. The van der Waals surface area contributed by atoms with Crippen molar-refractivity contribution in [3.63, 3.8) is 0 Å². The smallest absolute Gasteiger partial charge is 0.339 e. The predicted octanol–water partition coefficient (Wildman–Crippen LogP) is -1.09. The van der Waals surface area contributed by atoms with Gasteiger partial charge in [0.15, 0.2) is 5.60 Å². The average molecular weight is 195 g/mol. The summed E-state index contributed by atoms with van der Waals surface area (Å²) >= 11 is 0. The van der Waals surface area contributed by atoms with Crippen LogP contribution in [-0.4, -0.2) is 27.1 Å². The van der Waals surface area contributed by atoms with Crippen LogP contribution in [-0.2, 0) is 24.0 Å². The number of carbonyl (C=O) groups is 1. The molecule has 0 aromatic heterocycles. The number of rotatable bonds is 3. The van der Waals surface area contributed by atoms with Crippen molar-refractivity contribution >= 4 is 16.3 Å². The van der Waals surface area contributed by atoms with Crippen LogP contribution in [0.15, 0.2) is 0 Å². The molecule has 1 fully saturated rings. The van der Waals surface area contributed by atoms with Crippen LogP contribution in [0.2, 0.25) is 0 Å². The highest BCUT2D eigenvalue weighted by molar-refractivity contribution is 7.84. The highest BCUT2D eigenvalue weighted by atomic mass is 32.2. The Morgan fingerprint density at radius 1 is 1.50 bits per heavy atom. The normalized spacial score (nSPS) is 20.2. The molecule has 0 spiro atoms. The van der Waals surface area contributed by atoms with E-state index in [0.29, 0.717) is 12.8 Å². The van der Waals surface area contributed by atoms with E-state index in [1.54, 1.807) is 0 Å². The van der Waals surface area contributed by atoms with E-state index in [0.717, 1.165) is 7.11 Å². The molecule has 1 aliphatic carbocycles. The molecule has 0 heterocycles. The van der Waals surface area contributed by atoms with Gasteiger partial charge in [-0.25, -0.2) is 14.1 Å². The van der Waals surface area contributed by atoms with E-state index in [-0.39, 0.29) is 0 Å². The predicted molar refractivity (Wildman–Crippen MR) is 38.2 cm³/mol. The van der Waals surface area contributed by atoms with Crippen LogP contribution in [0.3, 0.4) is 0 Å². The highest BCUT2D eigenvalue weighted by Crippen LogP contribution is 2.41. The van der Waals surface area contributed by atoms with Crippen molar-refractivity contribution in [2.24, 2.45) is 5.14 Å². The van der Waals surface area contributed by atoms with Gasteiger partial charge < -0.3 is 4.74 Å². The lowest BCUT2D eigenvalue weighted by molar-refractivity contribution is -0.150. The first kappa shape index (κ1) is 9.43. The van der Waals surface area contributed by atoms with Gasteiger partial charge in [-0.3, -0.25) is 0 Å². The molecular formula is C5H9NO5S. The van der Waals surface area contributed by atoms with Gasteiger partial charge in [0.2, 0.25) is 0 Å². The average Bonchev–Trinajstić information content (AvgIpc) is 2.64. The second kappa shape index (κ2) is 2.68. The number of carbonyl (C=O) groups excluding carboxylic acids is 1. The Hall–Kier alpha value is -0.660. The molecule has 0 aromatic rings. The maximum Gasteiger partial charge on any atom is 0.339 e. The van der Waals surface area contributed by atoms with Crippen LogP contribution >= 0.6 is 0 Å². The van der Waals surface area contributed by atoms with Crippen molar-refractivity contribution in [3.05, 3.63) is 0 Å². The first-order valence-corrected chi connectivity index (χ1v) is 4.68. The quantitative estimate of drug-likeness (QED) is 0.577. The molecule has 1 saturated carbocycles. The molecule has 12 heavy (non-hydrogen) atoms. The Balaban J connectivity index is 2.69. The molecule has 1 rings (SSSR count). The first-order chi connectivity index (χ1) is 5.40. The number of hydrogen-bond acceptors (Lipinski definition) is 5. The standard InChI is InChI=1S/C5H9NO5S/c1-10-4(7)5(2-3-5)11-12(6,8)9/h2-3H2,1H3,(H2,6,8,9). The van der Waals surface area contributed by atoms with Gasteiger partial charge in [-0.05, 0) is 12.8 Å². The van der Waals surface area contributed by atoms with E-state index in [9.17, 15) is 13.2 Å². The van der Waals surface area contributed by atoms with Crippen molar-refractivity contribution < 1.29 is 22.1 Å². The summed E-state index contributed by atoms with van der Waals surface area (Å²) in [6.07, 6.45) is 0.659. The molecule has 0 aliphatic heterocycles. The summed E-state index contributed by atoms with van der Waals surface area (Å²) in [6, 6.07) is 0. The molecule has 0 unspecified atom stereocenters. The van der Waals surface area contributed by atoms with Crippen molar-refractivity contribution in [2.45, 2.75) is 18.4 Å². The lowest BCUT2D eigenvalue weighted by Crippen LogP contribution is -2.33. The minimum atomic E-state index is -4.08. The molecule has 2 N–H and O–H groups in total. The van der Waals surface area contributed by atoms with Gasteiger partial charge in [0.05, 0.1) is 7.11 Å². The molecule has 70 valence electrons. The van der Waals surface area contributed by atoms with Crippen molar-refractivity contribution in [1.82, 2.24) is 0 Å². The second-order valence-corrected chi connectivity index (χ2v) is 3.71. The molecule has 0 bridgehead atoms. The summed E-state index contributed by atoms with van der Waals surface area (Å²) in [4.78, 5) is 10.9. The van der Waals surface area contributed by atoms with Crippen molar-refractivity contribution in [3.8, 4) is 0 Å². The maximum atomic E-state index is 10.9. The number of methoxy groups -OCH3 is 1. The van der Waals surface area contributed by atoms with E-state index >= 15 is 0 Å². The van der Waals surface area contributed by atoms with Crippen LogP contribution in [0.4, 0.5) is 0 Å². The minimum Gasteiger partial charge on any atom is -0.467 e. The second-order valence-electron chi connectivity index (χ2n) is 2.56. The molecule has 0 atom stereocenters. The zero-order valence-electron chi connectivity index (χ0n) is 6.44. The fourth-order valence-corrected chi connectivity index (χ4v) is 1.52. The van der Waals surface area contributed by atoms with Crippen LogP contribution in [0.5, 0.6) is 0 Å². The number of hydrogen-bond donors (Lipinski definition) is 1. The molecule has 1 aliphatic rings. The highest BCUT2D eigenvalue weighted by Gasteiger charge is 2.55. The maximum absolute atomic E-state index is 10.9. The Labute approximate surface area is 69.9 Å². The van der Waals surface area contributed by atoms with E-state index in [2.05, 4.69) is 14.1 Å². The summed E-state index contributed by atoms with van der Waals surface area (Å²) in [5.41, 5.74) is -1.33. The van der Waals surface area contributed by atoms with Crippen LogP contribution in [0, 0.1) is 0 Å². The van der Waals surface area contributed by atoms with Gasteiger partial charge in [0.25, 0.3) is 0 Å². The lowest BCUT2D eigenvalue weighted by atomic mass is 10.4. The third-order valence-corrected chi connectivity index (χ3v) is 2.09. The third kappa shape index (κ3) is 1.93. The van der Waals surface area contributed by atoms with Gasteiger partial charge in [-0.15, -0.1) is 0 Å². The fraction of sp³-hybridized carbons (Fsp3) is 0.800. The van der Waals surface area contributed by atoms with Gasteiger partial charge in [0, 0.05) is 0 Å². The van der Waals surface area contributed by atoms with Crippen LogP contribution in [0.25, 0.3) is 0 Å². The Morgan fingerprint density at radius 3 is 2.25 bits per heavy atom. The van der Waals surface area contributed by atoms with Crippen LogP contribution < -0.4 is 5.14 Å². The van der Waals surface area contributed by atoms with E-state index in [4.69, 9.17) is 0 Å². The summed E-state index contributed by atoms with van der Waals surface area (Å²) in [7, 11) is -2.91. The van der Waals surface area contributed by atoms with Gasteiger partial charge in [0.1, 0.15) is 0 Å². The summed E-state index contributed by atoms with van der Waals surface area (Å²) in [5.74, 6) is -0.698. The molecule has 0 saturated heterocycles. The summed E-state index contributed by atoms with van der Waals surface area (Å²) in [5, 5.41) is 4.60. The lowest BCUT2D eigenvalue weighted by Gasteiger charge is -2.10. The zero-order valence-corrected chi connectivity index (χ0v) is 7.26. The molecular weight excluding hydrogens is 186 g/mol.